The highest BCUT2D eigenvalue weighted by Gasteiger charge is 2.33. The van der Waals surface area contributed by atoms with Crippen molar-refractivity contribution in [2.24, 2.45) is 0 Å². The van der Waals surface area contributed by atoms with E-state index in [-0.39, 0.29) is 11.1 Å². The van der Waals surface area contributed by atoms with Crippen molar-refractivity contribution in [2.45, 2.75) is 19.7 Å². The van der Waals surface area contributed by atoms with Crippen LogP contribution in [0.4, 0.5) is 13.2 Å². The molecule has 2 N–H and O–H groups in total. The average Bonchev–Trinajstić information content (AvgIpc) is 2.15. The number of nitrogens with one attached hydrogen (secondary N) is 1. The summed E-state index contributed by atoms with van der Waals surface area (Å²) in [5.74, 6) is -2.16. The molecule has 0 aliphatic heterocycles. The van der Waals surface area contributed by atoms with Gasteiger partial charge in [0.2, 0.25) is 0 Å². The van der Waals surface area contributed by atoms with Gasteiger partial charge in [-0.15, -0.1) is 13.2 Å². The maximum absolute atomic E-state index is 12.0. The third-order valence-corrected chi connectivity index (χ3v) is 1.97. The Morgan fingerprint density at radius 3 is 2.59 bits per heavy atom. The van der Waals surface area contributed by atoms with Gasteiger partial charge in [0, 0.05) is 11.8 Å². The largest absolute Gasteiger partial charge is 0.573 e. The molecule has 1 rings (SSSR count). The number of aliphatic carboxylic acids is 1. The molecule has 0 aromatic carbocycles. The van der Waals surface area contributed by atoms with Gasteiger partial charge in [-0.05, 0) is 12.5 Å². The van der Waals surface area contributed by atoms with Crippen LogP contribution in [0.25, 0.3) is 0 Å². The van der Waals surface area contributed by atoms with Crippen LogP contribution in [-0.4, -0.2) is 22.4 Å². The summed E-state index contributed by atoms with van der Waals surface area (Å²) in [7, 11) is 0. The smallest absolute Gasteiger partial charge is 0.481 e. The molecule has 0 radical (unpaired) electrons. The molecule has 8 heteroatoms. The number of hydrogen-bond acceptors (Lipinski definition) is 3. The molecule has 0 atom stereocenters. The summed E-state index contributed by atoms with van der Waals surface area (Å²) >= 11 is 0. The molecule has 0 saturated heterocycles. The van der Waals surface area contributed by atoms with E-state index in [0.29, 0.717) is 0 Å². The topological polar surface area (TPSA) is 79.4 Å². The Morgan fingerprint density at radius 2 is 2.12 bits per heavy atom. The lowest BCUT2D eigenvalue weighted by atomic mass is 10.1. The van der Waals surface area contributed by atoms with E-state index in [1.165, 1.54) is 6.92 Å². The Morgan fingerprint density at radius 1 is 1.53 bits per heavy atom. The number of carboxylic acids is 1. The summed E-state index contributed by atoms with van der Waals surface area (Å²) in [5, 5.41) is 8.53. The van der Waals surface area contributed by atoms with Gasteiger partial charge < -0.3 is 14.8 Å². The highest BCUT2D eigenvalue weighted by Crippen LogP contribution is 2.24. The maximum atomic E-state index is 12.0. The number of rotatable bonds is 3. The lowest BCUT2D eigenvalue weighted by Crippen LogP contribution is -2.24. The average molecular weight is 251 g/mol. The molecule has 1 heterocycles. The number of halogens is 3. The van der Waals surface area contributed by atoms with Crippen molar-refractivity contribution in [3.8, 4) is 5.75 Å². The van der Waals surface area contributed by atoms with Gasteiger partial charge in [0.1, 0.15) is 0 Å². The molecule has 0 amide bonds. The monoisotopic (exact) mass is 251 g/mol. The Bertz CT molecular complexity index is 492. The molecular formula is C9H8F3NO4. The van der Waals surface area contributed by atoms with Crippen LogP contribution in [-0.2, 0) is 11.2 Å². The lowest BCUT2D eigenvalue weighted by Gasteiger charge is -2.12. The van der Waals surface area contributed by atoms with Gasteiger partial charge in [-0.3, -0.25) is 9.59 Å². The highest BCUT2D eigenvalue weighted by molar-refractivity contribution is 5.70. The first-order valence-corrected chi connectivity index (χ1v) is 4.39. The SMILES string of the molecule is Cc1c(CC(=O)O)c[nH]c(=O)c1OC(F)(F)F. The fourth-order valence-corrected chi connectivity index (χ4v) is 1.23. The zero-order chi connectivity index (χ0) is 13.2. The van der Waals surface area contributed by atoms with Crippen molar-refractivity contribution in [3.05, 3.63) is 27.7 Å². The van der Waals surface area contributed by atoms with Crippen molar-refractivity contribution in [1.29, 1.82) is 0 Å². The molecular weight excluding hydrogens is 243 g/mol. The summed E-state index contributed by atoms with van der Waals surface area (Å²) in [5.41, 5.74) is -1.15. The standard InChI is InChI=1S/C9H8F3NO4/c1-4-5(2-6(14)15)3-13-8(16)7(4)17-9(10,11)12/h3H,2H2,1H3,(H,13,16)(H,14,15). The van der Waals surface area contributed by atoms with Crippen molar-refractivity contribution < 1.29 is 27.8 Å². The van der Waals surface area contributed by atoms with Gasteiger partial charge in [0.25, 0.3) is 5.56 Å². The highest BCUT2D eigenvalue weighted by atomic mass is 19.4. The van der Waals surface area contributed by atoms with Crippen molar-refractivity contribution in [2.75, 3.05) is 0 Å². The van der Waals surface area contributed by atoms with Gasteiger partial charge in [0.15, 0.2) is 5.75 Å². The molecule has 0 spiro atoms. The molecule has 94 valence electrons. The van der Waals surface area contributed by atoms with E-state index < -0.39 is 30.1 Å². The quantitative estimate of drug-likeness (QED) is 0.846. The fraction of sp³-hybridized carbons (Fsp3) is 0.333. The second-order valence-electron chi connectivity index (χ2n) is 3.22. The van der Waals surface area contributed by atoms with Crippen LogP contribution in [0.15, 0.2) is 11.0 Å². The first kappa shape index (κ1) is 13.1. The maximum Gasteiger partial charge on any atom is 0.573 e. The van der Waals surface area contributed by atoms with E-state index in [4.69, 9.17) is 5.11 Å². The number of ether oxygens (including phenoxy) is 1. The third-order valence-electron chi connectivity index (χ3n) is 1.97. The van der Waals surface area contributed by atoms with Gasteiger partial charge in [-0.1, -0.05) is 0 Å². The van der Waals surface area contributed by atoms with Gasteiger partial charge in [0.05, 0.1) is 6.42 Å². The summed E-state index contributed by atoms with van der Waals surface area (Å²) in [4.78, 5) is 23.6. The molecule has 5 nitrogen and oxygen atoms in total. The fourth-order valence-electron chi connectivity index (χ4n) is 1.23. The summed E-state index contributed by atoms with van der Waals surface area (Å²) in [6.07, 6.45) is -4.45. The van der Waals surface area contributed by atoms with Crippen LogP contribution >= 0.6 is 0 Å². The molecule has 0 aliphatic rings. The number of aromatic amines is 1. The summed E-state index contributed by atoms with van der Waals surface area (Å²) in [6, 6.07) is 0. The van der Waals surface area contributed by atoms with Crippen LogP contribution in [0.1, 0.15) is 11.1 Å². The molecule has 0 fully saturated rings. The van der Waals surface area contributed by atoms with Gasteiger partial charge >= 0.3 is 12.3 Å². The Hall–Kier alpha value is -1.99. The van der Waals surface area contributed by atoms with Crippen molar-refractivity contribution >= 4 is 5.97 Å². The van der Waals surface area contributed by atoms with Crippen LogP contribution in [0.5, 0.6) is 5.75 Å². The van der Waals surface area contributed by atoms with Crippen LogP contribution < -0.4 is 10.3 Å². The van der Waals surface area contributed by atoms with E-state index in [1.807, 2.05) is 4.98 Å². The molecule has 0 bridgehead atoms. The summed E-state index contributed by atoms with van der Waals surface area (Å²) < 4.78 is 39.6. The van der Waals surface area contributed by atoms with E-state index >= 15 is 0 Å². The van der Waals surface area contributed by atoms with E-state index in [2.05, 4.69) is 4.74 Å². The molecule has 0 unspecified atom stereocenters. The van der Waals surface area contributed by atoms with Crippen molar-refractivity contribution in [3.63, 3.8) is 0 Å². The number of alkyl halides is 3. The van der Waals surface area contributed by atoms with E-state index in [0.717, 1.165) is 6.20 Å². The number of H-pyrrole nitrogens is 1. The number of pyridine rings is 1. The number of carboxylic acid groups (broad SMARTS) is 1. The second-order valence-corrected chi connectivity index (χ2v) is 3.22. The molecule has 17 heavy (non-hydrogen) atoms. The van der Waals surface area contributed by atoms with Gasteiger partial charge in [-0.2, -0.15) is 0 Å². The van der Waals surface area contributed by atoms with E-state index in [9.17, 15) is 22.8 Å². The Balaban J connectivity index is 3.20. The zero-order valence-electron chi connectivity index (χ0n) is 8.59. The first-order valence-electron chi connectivity index (χ1n) is 4.39. The molecule has 1 aromatic rings. The van der Waals surface area contributed by atoms with E-state index in [1.54, 1.807) is 0 Å². The molecule has 0 aliphatic carbocycles. The number of hydrogen-bond donors (Lipinski definition) is 2. The second kappa shape index (κ2) is 4.48. The minimum absolute atomic E-state index is 0.0522. The van der Waals surface area contributed by atoms with Crippen LogP contribution in [0, 0.1) is 6.92 Å². The van der Waals surface area contributed by atoms with Crippen LogP contribution in [0.3, 0.4) is 0 Å². The first-order chi connectivity index (χ1) is 7.70. The Labute approximate surface area is 92.8 Å². The zero-order valence-corrected chi connectivity index (χ0v) is 8.59. The molecule has 0 saturated carbocycles. The van der Waals surface area contributed by atoms with Crippen LogP contribution in [0.2, 0.25) is 0 Å². The third kappa shape index (κ3) is 3.51. The van der Waals surface area contributed by atoms with Gasteiger partial charge in [-0.25, -0.2) is 0 Å². The number of aromatic nitrogens is 1. The predicted octanol–water partition coefficient (Wildman–Crippen LogP) is 1.21. The predicted molar refractivity (Wildman–Crippen MR) is 49.8 cm³/mol. The molecule has 1 aromatic heterocycles. The minimum Gasteiger partial charge on any atom is -0.481 e. The Kier molecular flexibility index (Phi) is 3.45. The minimum atomic E-state index is -5.00. The number of carbonyl (C=O) groups is 1. The summed E-state index contributed by atoms with van der Waals surface area (Å²) in [6.45, 7) is 1.19. The lowest BCUT2D eigenvalue weighted by molar-refractivity contribution is -0.275. The van der Waals surface area contributed by atoms with Crippen molar-refractivity contribution in [1.82, 2.24) is 4.98 Å². The normalized spacial score (nSPS) is 11.3.